The Hall–Kier alpha value is -1.81. The summed E-state index contributed by atoms with van der Waals surface area (Å²) < 4.78 is 11.0. The molecule has 0 amide bonds. The van der Waals surface area contributed by atoms with Crippen molar-refractivity contribution in [2.24, 2.45) is 23.2 Å². The topological polar surface area (TPSA) is 47.6 Å². The molecule has 152 valence electrons. The lowest BCUT2D eigenvalue weighted by molar-refractivity contribution is -0.146. The first-order valence-electron chi connectivity index (χ1n) is 10.7. The maximum Gasteiger partial charge on any atom is 0.310 e. The Balaban J connectivity index is 1.32. The number of hydrogen-bond donors (Lipinski definition) is 1. The number of methoxy groups -OCH3 is 1. The summed E-state index contributed by atoms with van der Waals surface area (Å²) in [6.07, 6.45) is 6.74. The second-order valence-corrected chi connectivity index (χ2v) is 9.21. The van der Waals surface area contributed by atoms with Crippen molar-refractivity contribution >= 4 is 5.97 Å². The van der Waals surface area contributed by atoms with Crippen LogP contribution in [0.3, 0.4) is 0 Å². The van der Waals surface area contributed by atoms with Gasteiger partial charge in [-0.05, 0) is 74.1 Å². The molecular weight excluding hydrogens is 350 g/mol. The molecule has 1 aromatic carbocycles. The van der Waals surface area contributed by atoms with Gasteiger partial charge in [0.05, 0.1) is 13.0 Å². The summed E-state index contributed by atoms with van der Waals surface area (Å²) in [7, 11) is 1.68. The lowest BCUT2D eigenvalue weighted by Crippen LogP contribution is -2.45. The van der Waals surface area contributed by atoms with E-state index in [1.54, 1.807) is 7.11 Å². The van der Waals surface area contributed by atoms with Gasteiger partial charge in [0.2, 0.25) is 0 Å². The van der Waals surface area contributed by atoms with Gasteiger partial charge in [0.15, 0.2) is 0 Å². The normalized spacial score (nSPS) is 34.5. The Bertz CT molecular complexity index is 728. The molecule has 4 nitrogen and oxygen atoms in total. The second-order valence-electron chi connectivity index (χ2n) is 9.21. The summed E-state index contributed by atoms with van der Waals surface area (Å²) in [5.74, 6) is 1.76. The minimum atomic E-state index is -0.0138. The number of carbonyl (C=O) groups excluding carboxylic acids is 1. The van der Waals surface area contributed by atoms with Crippen LogP contribution < -0.4 is 10.1 Å². The molecule has 28 heavy (non-hydrogen) atoms. The van der Waals surface area contributed by atoms with E-state index in [0.29, 0.717) is 18.4 Å². The summed E-state index contributed by atoms with van der Waals surface area (Å²) in [6, 6.07) is 8.17. The molecule has 2 saturated carbocycles. The van der Waals surface area contributed by atoms with Crippen LogP contribution in [0.1, 0.15) is 44.6 Å². The summed E-state index contributed by atoms with van der Waals surface area (Å²) in [4.78, 5) is 12.6. The highest BCUT2D eigenvalue weighted by Gasteiger charge is 2.54. The van der Waals surface area contributed by atoms with Crippen LogP contribution in [0.2, 0.25) is 0 Å². The number of fused-ring (bicyclic) bond motifs is 2. The van der Waals surface area contributed by atoms with Gasteiger partial charge in [-0.1, -0.05) is 31.2 Å². The SMILES string of the molecule is C=C1CCC[C@]2(C)C[C@H]3OC(=O)[C@@H](CNCCc4ccc(OC)cc4)[C@H]3C[C@@H]12. The fourth-order valence-corrected chi connectivity index (χ4v) is 5.77. The molecule has 4 rings (SSSR count). The predicted octanol–water partition coefficient (Wildman–Crippen LogP) is 4.14. The number of nitrogens with one attached hydrogen (secondary N) is 1. The standard InChI is InChI=1S/C24H33NO3/c1-16-5-4-11-24(2)14-22-19(13-21(16)24)20(23(26)28-22)15-25-12-10-17-6-8-18(27-3)9-7-17/h6-9,19-22,25H,1,4-5,10-15H2,2-3H3/t19-,20+,21+,22-,24-/m1/s1. The maximum atomic E-state index is 12.6. The first-order valence-corrected chi connectivity index (χ1v) is 10.7. The second kappa shape index (κ2) is 7.90. The van der Waals surface area contributed by atoms with Crippen molar-refractivity contribution in [1.29, 1.82) is 0 Å². The van der Waals surface area contributed by atoms with Gasteiger partial charge < -0.3 is 14.8 Å². The first-order chi connectivity index (χ1) is 13.5. The molecule has 4 heteroatoms. The van der Waals surface area contributed by atoms with Crippen molar-refractivity contribution < 1.29 is 14.3 Å². The molecule has 1 heterocycles. The third-order valence-electron chi connectivity index (χ3n) is 7.43. The van der Waals surface area contributed by atoms with Crippen molar-refractivity contribution in [3.8, 4) is 5.75 Å². The van der Waals surface area contributed by atoms with Gasteiger partial charge in [0.1, 0.15) is 11.9 Å². The Kier molecular flexibility index (Phi) is 5.50. The third kappa shape index (κ3) is 3.71. The molecular formula is C24H33NO3. The van der Waals surface area contributed by atoms with Crippen LogP contribution in [0.15, 0.2) is 36.4 Å². The van der Waals surface area contributed by atoms with E-state index in [1.807, 2.05) is 12.1 Å². The maximum absolute atomic E-state index is 12.6. The average molecular weight is 384 g/mol. The molecule has 1 aliphatic heterocycles. The van der Waals surface area contributed by atoms with E-state index >= 15 is 0 Å². The molecule has 0 spiro atoms. The number of allylic oxidation sites excluding steroid dienone is 1. The van der Waals surface area contributed by atoms with E-state index < -0.39 is 0 Å². The van der Waals surface area contributed by atoms with Crippen LogP contribution in [0.25, 0.3) is 0 Å². The Labute approximate surface area is 168 Å². The minimum Gasteiger partial charge on any atom is -0.497 e. The van der Waals surface area contributed by atoms with Crippen LogP contribution in [0.4, 0.5) is 0 Å². The molecule has 3 aliphatic rings. The molecule has 1 saturated heterocycles. The molecule has 1 aromatic rings. The monoisotopic (exact) mass is 383 g/mol. The molecule has 1 N–H and O–H groups in total. The van der Waals surface area contributed by atoms with Gasteiger partial charge in [-0.2, -0.15) is 0 Å². The molecule has 0 bridgehead atoms. The van der Waals surface area contributed by atoms with Crippen molar-refractivity contribution in [1.82, 2.24) is 5.32 Å². The minimum absolute atomic E-state index is 0.000179. The predicted molar refractivity (Wildman–Crippen MR) is 110 cm³/mol. The van der Waals surface area contributed by atoms with Crippen LogP contribution in [0.5, 0.6) is 5.75 Å². The number of hydrogen-bond acceptors (Lipinski definition) is 4. The van der Waals surface area contributed by atoms with E-state index in [4.69, 9.17) is 9.47 Å². The van der Waals surface area contributed by atoms with Gasteiger partial charge >= 0.3 is 5.97 Å². The third-order valence-corrected chi connectivity index (χ3v) is 7.43. The summed E-state index contributed by atoms with van der Waals surface area (Å²) in [6.45, 7) is 8.33. The Morgan fingerprint density at radius 3 is 2.86 bits per heavy atom. The number of benzene rings is 1. The van der Waals surface area contributed by atoms with E-state index in [1.165, 1.54) is 24.0 Å². The molecule has 0 radical (unpaired) electrons. The van der Waals surface area contributed by atoms with E-state index in [9.17, 15) is 4.79 Å². The van der Waals surface area contributed by atoms with Gasteiger partial charge in [-0.15, -0.1) is 0 Å². The largest absolute Gasteiger partial charge is 0.497 e. The first kappa shape index (κ1) is 19.5. The average Bonchev–Trinajstić information content (AvgIpc) is 2.98. The number of rotatable bonds is 6. The van der Waals surface area contributed by atoms with Crippen molar-refractivity contribution in [2.75, 3.05) is 20.2 Å². The van der Waals surface area contributed by atoms with Gasteiger partial charge in [-0.25, -0.2) is 0 Å². The summed E-state index contributed by atoms with van der Waals surface area (Å²) in [5.41, 5.74) is 2.94. The molecule has 0 aromatic heterocycles. The summed E-state index contributed by atoms with van der Waals surface area (Å²) in [5, 5.41) is 3.51. The quantitative estimate of drug-likeness (QED) is 0.456. The van der Waals surface area contributed by atoms with Gasteiger partial charge in [0, 0.05) is 12.5 Å². The highest BCUT2D eigenvalue weighted by Crippen LogP contribution is 2.56. The van der Waals surface area contributed by atoms with Crippen molar-refractivity contribution in [3.63, 3.8) is 0 Å². The van der Waals surface area contributed by atoms with E-state index in [2.05, 4.69) is 31.0 Å². The van der Waals surface area contributed by atoms with Crippen LogP contribution >= 0.6 is 0 Å². The van der Waals surface area contributed by atoms with Crippen LogP contribution in [0, 0.1) is 23.2 Å². The van der Waals surface area contributed by atoms with Crippen LogP contribution in [-0.2, 0) is 16.0 Å². The Morgan fingerprint density at radius 2 is 2.11 bits per heavy atom. The van der Waals surface area contributed by atoms with Crippen molar-refractivity contribution in [2.45, 2.75) is 51.6 Å². The number of carbonyl (C=O) groups is 1. The van der Waals surface area contributed by atoms with Crippen LogP contribution in [-0.4, -0.2) is 32.3 Å². The molecule has 3 fully saturated rings. The van der Waals surface area contributed by atoms with Crippen molar-refractivity contribution in [3.05, 3.63) is 42.0 Å². The van der Waals surface area contributed by atoms with E-state index in [0.717, 1.165) is 38.0 Å². The molecule has 2 aliphatic carbocycles. The molecule has 5 atom stereocenters. The summed E-state index contributed by atoms with van der Waals surface area (Å²) >= 11 is 0. The Morgan fingerprint density at radius 1 is 1.32 bits per heavy atom. The van der Waals surface area contributed by atoms with Gasteiger partial charge in [0.25, 0.3) is 0 Å². The van der Waals surface area contributed by atoms with E-state index in [-0.39, 0.29) is 23.4 Å². The lowest BCUT2D eigenvalue weighted by Gasteiger charge is -2.50. The smallest absolute Gasteiger partial charge is 0.310 e. The zero-order chi connectivity index (χ0) is 19.7. The zero-order valence-electron chi connectivity index (χ0n) is 17.2. The fourth-order valence-electron chi connectivity index (χ4n) is 5.77. The fraction of sp³-hybridized carbons (Fsp3) is 0.625. The highest BCUT2D eigenvalue weighted by molar-refractivity contribution is 5.75. The number of ether oxygens (including phenoxy) is 2. The zero-order valence-corrected chi connectivity index (χ0v) is 17.2. The highest BCUT2D eigenvalue weighted by atomic mass is 16.6. The number of esters is 1. The molecule has 0 unspecified atom stereocenters. The van der Waals surface area contributed by atoms with Gasteiger partial charge in [-0.3, -0.25) is 4.79 Å². The lowest BCUT2D eigenvalue weighted by atomic mass is 9.55.